The zero-order chi connectivity index (χ0) is 34.7. The molecule has 0 bridgehead atoms. The molecule has 4 heterocycles. The van der Waals surface area contributed by atoms with Crippen LogP contribution >= 0.6 is 0 Å². The summed E-state index contributed by atoms with van der Waals surface area (Å²) in [5.74, 6) is 1.52. The molecule has 6 atom stereocenters. The van der Waals surface area contributed by atoms with Gasteiger partial charge in [0, 0.05) is 17.6 Å². The van der Waals surface area contributed by atoms with Crippen LogP contribution in [0.5, 0.6) is 0 Å². The number of carboxylic acid groups (broad SMARTS) is 1. The fourth-order valence-corrected chi connectivity index (χ4v) is 8.62. The molecule has 2 amide bonds. The quantitative estimate of drug-likeness (QED) is 0.171. The Bertz CT molecular complexity index is 2180. The summed E-state index contributed by atoms with van der Waals surface area (Å²) >= 11 is 0. The number of imidazole rings is 2. The molecule has 0 radical (unpaired) electrons. The Morgan fingerprint density at radius 2 is 1.20 bits per heavy atom. The van der Waals surface area contributed by atoms with Crippen LogP contribution < -0.4 is 0 Å². The number of carbonyl (C=O) groups excluding carboxylic acids is 1. The van der Waals surface area contributed by atoms with E-state index < -0.39 is 11.7 Å². The molecule has 4 aliphatic rings. The predicted molar refractivity (Wildman–Crippen MR) is 190 cm³/mol. The SMILES string of the molecule is CC(C)(C)OC(=O)N1[C@H]2C[C@@]2(C)C[C@H]1c1ncc(-c2ccc3cc(-c4ccc(-c5cnc([C@@H]6C[C@]7(C)C[C@@H]7N6C(=O)O)[nH]5)cc4)ccc3c2)[nH]1. The number of aromatic amines is 2. The van der Waals surface area contributed by atoms with Crippen molar-refractivity contribution in [2.75, 3.05) is 0 Å². The van der Waals surface area contributed by atoms with Crippen LogP contribution in [-0.4, -0.2) is 64.7 Å². The van der Waals surface area contributed by atoms with Gasteiger partial charge in [-0.05, 0) is 96.9 Å². The molecule has 2 saturated carbocycles. The van der Waals surface area contributed by atoms with Crippen molar-refractivity contribution in [2.24, 2.45) is 10.8 Å². The largest absolute Gasteiger partial charge is 0.465 e. The number of nitrogens with zero attached hydrogens (tertiary/aromatic N) is 4. The number of nitrogens with one attached hydrogen (secondary N) is 2. The second-order valence-corrected chi connectivity index (χ2v) is 16.5. The van der Waals surface area contributed by atoms with Gasteiger partial charge in [0.25, 0.3) is 0 Å². The number of likely N-dealkylation sites (tertiary alicyclic amines) is 2. The van der Waals surface area contributed by atoms with Crippen molar-refractivity contribution in [3.05, 3.63) is 84.7 Å². The minimum Gasteiger partial charge on any atom is -0.465 e. The van der Waals surface area contributed by atoms with Gasteiger partial charge in [-0.2, -0.15) is 0 Å². The molecule has 50 heavy (non-hydrogen) atoms. The molecular formula is C40H42N6O4. The maximum atomic E-state index is 13.2. The van der Waals surface area contributed by atoms with Crippen molar-refractivity contribution in [3.8, 4) is 33.6 Å². The number of aromatic nitrogens is 4. The normalized spacial score (nSPS) is 28.1. The van der Waals surface area contributed by atoms with Crippen LogP contribution in [0.3, 0.4) is 0 Å². The van der Waals surface area contributed by atoms with Gasteiger partial charge < -0.3 is 19.8 Å². The summed E-state index contributed by atoms with van der Waals surface area (Å²) < 4.78 is 5.78. The van der Waals surface area contributed by atoms with Crippen LogP contribution in [0.2, 0.25) is 0 Å². The molecule has 2 aliphatic carbocycles. The van der Waals surface area contributed by atoms with E-state index in [1.54, 1.807) is 11.1 Å². The van der Waals surface area contributed by atoms with E-state index in [1.165, 1.54) is 0 Å². The summed E-state index contributed by atoms with van der Waals surface area (Å²) in [7, 11) is 0. The first kappa shape index (κ1) is 30.9. The second-order valence-electron chi connectivity index (χ2n) is 16.5. The van der Waals surface area contributed by atoms with Crippen LogP contribution in [0.25, 0.3) is 44.4 Å². The molecule has 3 aromatic carbocycles. The lowest BCUT2D eigenvalue weighted by Crippen LogP contribution is -2.38. The van der Waals surface area contributed by atoms with Crippen LogP contribution in [0.15, 0.2) is 73.1 Å². The average Bonchev–Trinajstić information content (AvgIpc) is 3.55. The van der Waals surface area contributed by atoms with E-state index >= 15 is 0 Å². The van der Waals surface area contributed by atoms with Gasteiger partial charge in [0.2, 0.25) is 0 Å². The molecule has 2 aromatic heterocycles. The van der Waals surface area contributed by atoms with Crippen molar-refractivity contribution in [1.29, 1.82) is 0 Å². The highest BCUT2D eigenvalue weighted by atomic mass is 16.6. The smallest absolute Gasteiger partial charge is 0.411 e. The van der Waals surface area contributed by atoms with Gasteiger partial charge in [0.15, 0.2) is 0 Å². The van der Waals surface area contributed by atoms with Crippen molar-refractivity contribution >= 4 is 23.0 Å². The minimum atomic E-state index is -0.872. The number of piperidine rings is 2. The summed E-state index contributed by atoms with van der Waals surface area (Å²) in [5, 5.41) is 12.1. The third-order valence-electron chi connectivity index (χ3n) is 11.6. The number of hydrogen-bond donors (Lipinski definition) is 3. The Labute approximate surface area is 290 Å². The Hall–Kier alpha value is -5.12. The highest BCUT2D eigenvalue weighted by Crippen LogP contribution is 2.64. The first-order valence-electron chi connectivity index (χ1n) is 17.6. The Balaban J connectivity index is 0.911. The number of H-pyrrole nitrogens is 2. The highest BCUT2D eigenvalue weighted by molar-refractivity contribution is 5.90. The number of benzene rings is 3. The molecular weight excluding hydrogens is 628 g/mol. The fourth-order valence-electron chi connectivity index (χ4n) is 8.62. The lowest BCUT2D eigenvalue weighted by Gasteiger charge is -2.29. The first-order valence-corrected chi connectivity index (χ1v) is 17.6. The molecule has 9 rings (SSSR count). The molecule has 4 fully saturated rings. The third-order valence-corrected chi connectivity index (χ3v) is 11.6. The van der Waals surface area contributed by atoms with Crippen molar-refractivity contribution in [2.45, 2.75) is 90.1 Å². The highest BCUT2D eigenvalue weighted by Gasteiger charge is 2.65. The summed E-state index contributed by atoms with van der Waals surface area (Å²) in [6.45, 7) is 10.1. The molecule has 5 aromatic rings. The van der Waals surface area contributed by atoms with Gasteiger partial charge in [-0.1, -0.05) is 62.4 Å². The van der Waals surface area contributed by atoms with E-state index in [1.807, 2.05) is 31.9 Å². The Kier molecular flexibility index (Phi) is 6.46. The number of ether oxygens (including phenoxy) is 1. The third kappa shape index (κ3) is 5.06. The van der Waals surface area contributed by atoms with Gasteiger partial charge in [-0.15, -0.1) is 0 Å². The molecule has 2 aliphatic heterocycles. The zero-order valence-corrected chi connectivity index (χ0v) is 29.0. The maximum Gasteiger partial charge on any atom is 0.411 e. The molecule has 0 spiro atoms. The van der Waals surface area contributed by atoms with Crippen LogP contribution in [-0.2, 0) is 4.74 Å². The molecule has 256 valence electrons. The Morgan fingerprint density at radius 3 is 1.78 bits per heavy atom. The van der Waals surface area contributed by atoms with E-state index in [4.69, 9.17) is 9.72 Å². The van der Waals surface area contributed by atoms with Crippen LogP contribution in [0, 0.1) is 10.8 Å². The second kappa shape index (κ2) is 10.4. The van der Waals surface area contributed by atoms with Gasteiger partial charge in [0.05, 0.1) is 35.9 Å². The summed E-state index contributed by atoms with van der Waals surface area (Å²) in [5.41, 5.74) is 5.73. The summed E-state index contributed by atoms with van der Waals surface area (Å²) in [6, 6.07) is 21.2. The van der Waals surface area contributed by atoms with E-state index in [0.717, 1.165) is 75.9 Å². The molecule has 10 heteroatoms. The van der Waals surface area contributed by atoms with Crippen LogP contribution in [0.1, 0.15) is 84.0 Å². The lowest BCUT2D eigenvalue weighted by molar-refractivity contribution is 0.0174. The maximum absolute atomic E-state index is 13.2. The number of fused-ring (bicyclic) bond motifs is 3. The number of amides is 2. The topological polar surface area (TPSA) is 127 Å². The molecule has 3 N–H and O–H groups in total. The Morgan fingerprint density at radius 1 is 0.720 bits per heavy atom. The molecule has 10 nitrogen and oxygen atoms in total. The number of carbonyl (C=O) groups is 2. The lowest BCUT2D eigenvalue weighted by atomic mass is 9.98. The summed E-state index contributed by atoms with van der Waals surface area (Å²) in [6.07, 6.45) is 6.16. The standard InChI is InChI=1S/C40H42N6O4/c1-38(2,3)50-37(49)46-31(17-40(5)19-33(40)46)35-42-21-29(44-35)27-13-12-25-14-24(10-11-26(25)15-27)22-6-8-23(9-7-22)28-20-41-34(43-28)30-16-39(4)18-32(39)45(30)36(47)48/h6-15,20-21,30-33H,16-19H2,1-5H3,(H,41,43)(H,42,44)(H,47,48)/t30-,31-,32-,33-,39+,40+/m0/s1. The van der Waals surface area contributed by atoms with E-state index in [0.29, 0.717) is 5.82 Å². The minimum absolute atomic E-state index is 0.0722. The fraction of sp³-hybridized carbons (Fsp3) is 0.400. The van der Waals surface area contributed by atoms with Crippen LogP contribution in [0.4, 0.5) is 9.59 Å². The van der Waals surface area contributed by atoms with Gasteiger partial charge in [-0.25, -0.2) is 19.6 Å². The van der Waals surface area contributed by atoms with E-state index in [-0.39, 0.29) is 41.1 Å². The average molecular weight is 671 g/mol. The van der Waals surface area contributed by atoms with Gasteiger partial charge >= 0.3 is 12.2 Å². The molecule has 2 saturated heterocycles. The van der Waals surface area contributed by atoms with Crippen molar-refractivity contribution < 1.29 is 19.4 Å². The van der Waals surface area contributed by atoms with Crippen molar-refractivity contribution in [3.63, 3.8) is 0 Å². The van der Waals surface area contributed by atoms with Gasteiger partial charge in [0.1, 0.15) is 17.2 Å². The number of hydrogen-bond acceptors (Lipinski definition) is 5. The van der Waals surface area contributed by atoms with Gasteiger partial charge in [-0.3, -0.25) is 9.80 Å². The van der Waals surface area contributed by atoms with E-state index in [2.05, 4.69) is 89.5 Å². The van der Waals surface area contributed by atoms with Crippen molar-refractivity contribution in [1.82, 2.24) is 29.7 Å². The predicted octanol–water partition coefficient (Wildman–Crippen LogP) is 8.95. The first-order chi connectivity index (χ1) is 23.8. The zero-order valence-electron chi connectivity index (χ0n) is 29.0. The summed E-state index contributed by atoms with van der Waals surface area (Å²) in [4.78, 5) is 44.9. The number of rotatable bonds is 5. The van der Waals surface area contributed by atoms with E-state index in [9.17, 15) is 14.7 Å². The molecule has 0 unspecified atom stereocenters. The monoisotopic (exact) mass is 670 g/mol.